The predicted molar refractivity (Wildman–Crippen MR) is 166 cm³/mol. The van der Waals surface area contributed by atoms with Crippen LogP contribution in [0.3, 0.4) is 0 Å². The van der Waals surface area contributed by atoms with Crippen molar-refractivity contribution in [3.8, 4) is 11.5 Å². The lowest BCUT2D eigenvalue weighted by atomic mass is 9.85. The summed E-state index contributed by atoms with van der Waals surface area (Å²) in [6, 6.07) is 19.4. The molecule has 4 aromatic rings. The number of hydrogen-bond donors (Lipinski definition) is 4. The largest absolute Gasteiger partial charge is 0.436 e. The van der Waals surface area contributed by atoms with Crippen LogP contribution >= 0.6 is 0 Å². The quantitative estimate of drug-likeness (QED) is 0.128. The molecule has 5 rings (SSSR count). The zero-order chi connectivity index (χ0) is 29.6. The summed E-state index contributed by atoms with van der Waals surface area (Å²) in [7, 11) is 1.83. The van der Waals surface area contributed by atoms with Crippen LogP contribution in [0.15, 0.2) is 82.1 Å². The molecule has 0 radical (unpaired) electrons. The molecule has 1 fully saturated rings. The number of hydrogen-bond acceptors (Lipinski definition) is 8. The Morgan fingerprint density at radius 2 is 1.90 bits per heavy atom. The normalized spacial score (nSPS) is 15.7. The fourth-order valence-electron chi connectivity index (χ4n) is 5.32. The number of benzene rings is 2. The number of oxazole rings is 1. The molecule has 1 aliphatic rings. The third kappa shape index (κ3) is 6.17. The molecule has 2 aromatic heterocycles. The van der Waals surface area contributed by atoms with Crippen LogP contribution in [0.1, 0.15) is 54.3 Å². The Kier molecular flexibility index (Phi) is 8.61. The number of amidine groups is 1. The van der Waals surface area contributed by atoms with Gasteiger partial charge in [0, 0.05) is 49.4 Å². The van der Waals surface area contributed by atoms with E-state index in [1.165, 1.54) is 6.21 Å². The highest BCUT2D eigenvalue weighted by Crippen LogP contribution is 2.32. The molecular weight excluding hydrogens is 528 g/mol. The number of pyridine rings is 1. The van der Waals surface area contributed by atoms with E-state index in [4.69, 9.17) is 15.6 Å². The first-order valence-corrected chi connectivity index (χ1v) is 14.0. The van der Waals surface area contributed by atoms with Crippen LogP contribution in [0.4, 0.5) is 0 Å². The fourth-order valence-corrected chi connectivity index (χ4v) is 5.32. The third-order valence-electron chi connectivity index (χ3n) is 7.68. The number of nitrogens with two attached hydrogens (primary N) is 1. The Balaban J connectivity index is 1.31. The summed E-state index contributed by atoms with van der Waals surface area (Å²) in [4.78, 5) is 24.4. The number of carbonyl (C=O) groups is 1. The first-order chi connectivity index (χ1) is 20.4. The Hall–Kier alpha value is -4.99. The van der Waals surface area contributed by atoms with Gasteiger partial charge in [0.2, 0.25) is 5.89 Å². The number of hydrazone groups is 1. The number of piperidine rings is 1. The molecule has 1 aliphatic heterocycles. The smallest absolute Gasteiger partial charge is 0.272 e. The Morgan fingerprint density at radius 3 is 2.60 bits per heavy atom. The highest BCUT2D eigenvalue weighted by Gasteiger charge is 2.30. The van der Waals surface area contributed by atoms with E-state index >= 15 is 0 Å². The molecule has 216 valence electrons. The van der Waals surface area contributed by atoms with Crippen molar-refractivity contribution < 1.29 is 9.21 Å². The predicted octanol–water partition coefficient (Wildman–Crippen LogP) is 4.96. The maximum absolute atomic E-state index is 13.5. The topological polar surface area (TPSA) is 146 Å². The molecule has 2 aromatic carbocycles. The highest BCUT2D eigenvalue weighted by molar-refractivity contribution is 6.10. The van der Waals surface area contributed by atoms with Crippen LogP contribution in [-0.4, -0.2) is 53.0 Å². The van der Waals surface area contributed by atoms with Crippen LogP contribution in [0.2, 0.25) is 0 Å². The van der Waals surface area contributed by atoms with Crippen molar-refractivity contribution in [2.24, 2.45) is 16.8 Å². The van der Waals surface area contributed by atoms with Gasteiger partial charge in [-0.25, -0.2) is 4.98 Å². The first-order valence-electron chi connectivity index (χ1n) is 14.0. The molecule has 10 heteroatoms. The average Bonchev–Trinajstić information content (AvgIpc) is 3.46. The van der Waals surface area contributed by atoms with Gasteiger partial charge in [0.25, 0.3) is 5.91 Å². The van der Waals surface area contributed by atoms with Gasteiger partial charge in [-0.05, 0) is 68.0 Å². The van der Waals surface area contributed by atoms with E-state index in [0.29, 0.717) is 53.1 Å². The number of fused-ring (bicyclic) bond motifs is 1. The maximum Gasteiger partial charge on any atom is 0.272 e. The number of amides is 1. The molecule has 42 heavy (non-hydrogen) atoms. The average molecular weight is 565 g/mol. The summed E-state index contributed by atoms with van der Waals surface area (Å²) in [6.45, 7) is 4.92. The minimum atomic E-state index is -0.114. The maximum atomic E-state index is 13.5. The van der Waals surface area contributed by atoms with Crippen molar-refractivity contribution >= 4 is 34.6 Å². The lowest BCUT2D eigenvalue weighted by Gasteiger charge is -2.36. The van der Waals surface area contributed by atoms with Gasteiger partial charge in [0.15, 0.2) is 5.58 Å². The molecule has 0 saturated carbocycles. The fraction of sp³-hybridized carbons (Fsp3) is 0.281. The van der Waals surface area contributed by atoms with Gasteiger partial charge in [-0.3, -0.25) is 9.78 Å². The minimum absolute atomic E-state index is 0.0100. The molecular formula is C32H36N8O2. The van der Waals surface area contributed by atoms with Crippen molar-refractivity contribution in [3.63, 3.8) is 0 Å². The zero-order valence-electron chi connectivity index (χ0n) is 24.1. The molecule has 1 unspecified atom stereocenters. The van der Waals surface area contributed by atoms with Crippen LogP contribution < -0.4 is 16.5 Å². The van der Waals surface area contributed by atoms with Crippen LogP contribution in [0.5, 0.6) is 0 Å². The number of nitrogens with one attached hydrogen (secondary N) is 3. The van der Waals surface area contributed by atoms with Gasteiger partial charge < -0.3 is 31.2 Å². The molecule has 1 saturated heterocycles. The second-order valence-electron chi connectivity index (χ2n) is 10.5. The molecule has 0 bridgehead atoms. The summed E-state index contributed by atoms with van der Waals surface area (Å²) in [5, 5.41) is 15.2. The SMILES string of the molecule is CN/C(C)=C(\C=N)c1ccc2oc(-c3ccnc(C(=O)N4CCC(C(N/N=C(/C)N)c5ccccc5)CC4)c3)nc2c1. The van der Waals surface area contributed by atoms with Crippen LogP contribution in [-0.2, 0) is 0 Å². The molecule has 5 N–H and O–H groups in total. The number of nitrogens with zero attached hydrogens (tertiary/aromatic N) is 4. The second-order valence-corrected chi connectivity index (χ2v) is 10.5. The Morgan fingerprint density at radius 1 is 1.14 bits per heavy atom. The van der Waals surface area contributed by atoms with Crippen molar-refractivity contribution in [3.05, 3.63) is 89.4 Å². The van der Waals surface area contributed by atoms with E-state index in [1.54, 1.807) is 25.3 Å². The summed E-state index contributed by atoms with van der Waals surface area (Å²) in [5.41, 5.74) is 15.1. The minimum Gasteiger partial charge on any atom is -0.436 e. The Labute approximate surface area is 245 Å². The van der Waals surface area contributed by atoms with Crippen LogP contribution in [0, 0.1) is 11.3 Å². The summed E-state index contributed by atoms with van der Waals surface area (Å²) >= 11 is 0. The van der Waals surface area contributed by atoms with Crippen molar-refractivity contribution in [1.82, 2.24) is 25.6 Å². The second kappa shape index (κ2) is 12.7. The molecule has 0 aliphatic carbocycles. The number of carbonyl (C=O) groups excluding carboxylic acids is 1. The van der Waals surface area contributed by atoms with E-state index in [2.05, 4.69) is 37.9 Å². The first kappa shape index (κ1) is 28.5. The van der Waals surface area contributed by atoms with Gasteiger partial charge >= 0.3 is 0 Å². The third-order valence-corrected chi connectivity index (χ3v) is 7.68. The molecule has 10 nitrogen and oxygen atoms in total. The summed E-state index contributed by atoms with van der Waals surface area (Å²) < 4.78 is 6.03. The molecule has 3 heterocycles. The van der Waals surface area contributed by atoms with Gasteiger partial charge in [0.05, 0.1) is 6.04 Å². The number of aromatic nitrogens is 2. The van der Waals surface area contributed by atoms with Gasteiger partial charge in [-0.15, -0.1) is 0 Å². The van der Waals surface area contributed by atoms with Gasteiger partial charge in [-0.1, -0.05) is 36.4 Å². The van der Waals surface area contributed by atoms with Crippen molar-refractivity contribution in [2.45, 2.75) is 32.7 Å². The van der Waals surface area contributed by atoms with E-state index in [1.807, 2.05) is 55.3 Å². The van der Waals surface area contributed by atoms with Crippen molar-refractivity contribution in [1.29, 1.82) is 5.41 Å². The van der Waals surface area contributed by atoms with Gasteiger partial charge in [-0.2, -0.15) is 5.10 Å². The summed E-state index contributed by atoms with van der Waals surface area (Å²) in [6.07, 6.45) is 4.59. The Bertz CT molecular complexity index is 1630. The molecule has 1 atom stereocenters. The highest BCUT2D eigenvalue weighted by atomic mass is 16.3. The van der Waals surface area contributed by atoms with E-state index < -0.39 is 0 Å². The van der Waals surface area contributed by atoms with Crippen LogP contribution in [0.25, 0.3) is 28.1 Å². The molecule has 0 spiro atoms. The van der Waals surface area contributed by atoms with Gasteiger partial charge in [0.1, 0.15) is 17.0 Å². The van der Waals surface area contributed by atoms with E-state index in [0.717, 1.165) is 35.2 Å². The van der Waals surface area contributed by atoms with Crippen molar-refractivity contribution in [2.75, 3.05) is 20.1 Å². The standard InChI is InChI=1S/C32H36N8O2/c1-20(35-3)26(19-33)24-9-10-29-27(17-24)37-31(42-29)25-11-14-36-28(18-25)32(41)40-15-12-23(13-16-40)30(39-38-21(2)34)22-7-5-4-6-8-22/h4-11,14,17-19,23,30,33,35,39H,12-13,15-16H2,1-3H3,(H2,34,38)/b26-20+,33-19?. The number of likely N-dealkylation sites (tertiary alicyclic amines) is 1. The van der Waals surface area contributed by atoms with E-state index in [-0.39, 0.29) is 11.9 Å². The summed E-state index contributed by atoms with van der Waals surface area (Å²) in [5.74, 6) is 1.07. The van der Waals surface area contributed by atoms with E-state index in [9.17, 15) is 4.79 Å². The monoisotopic (exact) mass is 564 g/mol. The zero-order valence-corrected chi connectivity index (χ0v) is 24.1. The molecule has 1 amide bonds. The number of allylic oxidation sites excluding steroid dienone is 2. The lowest BCUT2D eigenvalue weighted by molar-refractivity contribution is 0.0664. The lowest BCUT2D eigenvalue weighted by Crippen LogP contribution is -2.41. The number of rotatable bonds is 9.